The van der Waals surface area contributed by atoms with Gasteiger partial charge < -0.3 is 15.0 Å². The zero-order valence-electron chi connectivity index (χ0n) is 24.6. The molecule has 0 spiro atoms. The predicted octanol–water partition coefficient (Wildman–Crippen LogP) is 5.61. The van der Waals surface area contributed by atoms with Crippen LogP contribution in [0.1, 0.15) is 71.5 Å². The SMILES string of the molecule is CC1C=CC(Cc2c(C3CC3)[nH]c3nnc(CCCCn4cc(C(=O)NCc5cc(OC(F)(F)F)ccc5F)nn4)cc23)=NC1. The number of amides is 1. The van der Waals surface area contributed by atoms with Crippen LogP contribution in [0.5, 0.6) is 5.75 Å². The number of halogens is 4. The van der Waals surface area contributed by atoms with Crippen LogP contribution < -0.4 is 10.1 Å². The molecule has 14 heteroatoms. The number of carbonyl (C=O) groups excluding carboxylic acids is 1. The average Bonchev–Trinajstić information content (AvgIpc) is 3.63. The highest BCUT2D eigenvalue weighted by Gasteiger charge is 2.32. The topological polar surface area (TPSA) is 123 Å². The Labute approximate surface area is 256 Å². The number of carbonyl (C=O) groups is 1. The number of nitrogens with zero attached hydrogens (tertiary/aromatic N) is 6. The van der Waals surface area contributed by atoms with Crippen molar-refractivity contribution in [2.75, 3.05) is 6.54 Å². The quantitative estimate of drug-likeness (QED) is 0.156. The van der Waals surface area contributed by atoms with E-state index in [-0.39, 0.29) is 17.8 Å². The molecule has 1 saturated carbocycles. The summed E-state index contributed by atoms with van der Waals surface area (Å²) in [6, 6.07) is 4.71. The van der Waals surface area contributed by atoms with Crippen molar-refractivity contribution in [2.45, 2.75) is 70.8 Å². The normalized spacial score (nSPS) is 16.6. The molecule has 2 aliphatic rings. The van der Waals surface area contributed by atoms with Gasteiger partial charge in [-0.2, -0.15) is 5.10 Å². The zero-order chi connectivity index (χ0) is 31.6. The van der Waals surface area contributed by atoms with E-state index in [2.05, 4.69) is 60.7 Å². The number of nitrogens with one attached hydrogen (secondary N) is 2. The number of aromatic nitrogens is 6. The summed E-state index contributed by atoms with van der Waals surface area (Å²) in [5.74, 6) is -0.985. The summed E-state index contributed by atoms with van der Waals surface area (Å²) in [6.45, 7) is 3.13. The fourth-order valence-electron chi connectivity index (χ4n) is 5.32. The molecule has 1 aliphatic carbocycles. The molecule has 0 bridgehead atoms. The molecule has 4 heterocycles. The van der Waals surface area contributed by atoms with E-state index < -0.39 is 23.8 Å². The number of dihydropyridines is 1. The minimum Gasteiger partial charge on any atom is -0.406 e. The highest BCUT2D eigenvalue weighted by atomic mass is 19.4. The largest absolute Gasteiger partial charge is 0.573 e. The number of alkyl halides is 3. The van der Waals surface area contributed by atoms with E-state index in [0.717, 1.165) is 72.9 Å². The summed E-state index contributed by atoms with van der Waals surface area (Å²) < 4.78 is 56.8. The van der Waals surface area contributed by atoms with Gasteiger partial charge in [-0.15, -0.1) is 23.4 Å². The van der Waals surface area contributed by atoms with Crippen molar-refractivity contribution in [1.29, 1.82) is 0 Å². The number of unbranched alkanes of at least 4 members (excludes halogenated alkanes) is 1. The Morgan fingerprint density at radius 3 is 2.76 bits per heavy atom. The van der Waals surface area contributed by atoms with Crippen LogP contribution in [0.25, 0.3) is 11.0 Å². The number of hydrogen-bond acceptors (Lipinski definition) is 7. The van der Waals surface area contributed by atoms with Gasteiger partial charge in [-0.3, -0.25) is 14.5 Å². The summed E-state index contributed by atoms with van der Waals surface area (Å²) in [5, 5.41) is 20.3. The van der Waals surface area contributed by atoms with Gasteiger partial charge in [0, 0.05) is 48.4 Å². The van der Waals surface area contributed by atoms with Crippen LogP contribution in [0.15, 0.2) is 47.6 Å². The molecule has 45 heavy (non-hydrogen) atoms. The first kappa shape index (κ1) is 30.4. The maximum atomic E-state index is 14.1. The lowest BCUT2D eigenvalue weighted by atomic mass is 9.99. The Hall–Kier alpha value is -4.62. The smallest absolute Gasteiger partial charge is 0.406 e. The van der Waals surface area contributed by atoms with Gasteiger partial charge in [-0.1, -0.05) is 18.2 Å². The number of hydrogen-bond donors (Lipinski definition) is 2. The summed E-state index contributed by atoms with van der Waals surface area (Å²) in [5.41, 5.74) is 5.16. The van der Waals surface area contributed by atoms with Gasteiger partial charge in [0.2, 0.25) is 0 Å². The number of H-pyrrole nitrogens is 1. The Kier molecular flexibility index (Phi) is 8.63. The molecule has 4 aromatic rings. The second kappa shape index (κ2) is 12.8. The average molecular weight is 625 g/mol. The van der Waals surface area contributed by atoms with E-state index in [1.165, 1.54) is 35.0 Å². The molecule has 1 atom stereocenters. The van der Waals surface area contributed by atoms with Crippen LogP contribution in [-0.2, 0) is 25.9 Å². The first-order valence-corrected chi connectivity index (χ1v) is 14.9. The first-order valence-electron chi connectivity index (χ1n) is 14.9. The van der Waals surface area contributed by atoms with Gasteiger partial charge in [0.15, 0.2) is 11.3 Å². The molecule has 10 nitrogen and oxygen atoms in total. The molecule has 0 radical (unpaired) electrons. The number of aryl methyl sites for hydroxylation is 2. The van der Waals surface area contributed by atoms with Crippen LogP contribution in [0.2, 0.25) is 0 Å². The van der Waals surface area contributed by atoms with Crippen molar-refractivity contribution in [3.63, 3.8) is 0 Å². The monoisotopic (exact) mass is 624 g/mol. The molecule has 1 fully saturated rings. The number of aromatic amines is 1. The Morgan fingerprint density at radius 1 is 1.16 bits per heavy atom. The Morgan fingerprint density at radius 2 is 2.00 bits per heavy atom. The molecular formula is C31H32F4N8O2. The number of fused-ring (bicyclic) bond motifs is 1. The second-order valence-electron chi connectivity index (χ2n) is 11.5. The van der Waals surface area contributed by atoms with Gasteiger partial charge in [0.1, 0.15) is 11.6 Å². The number of rotatable bonds is 12. The summed E-state index contributed by atoms with van der Waals surface area (Å²) in [7, 11) is 0. The third-order valence-electron chi connectivity index (χ3n) is 7.82. The minimum absolute atomic E-state index is 0.00718. The van der Waals surface area contributed by atoms with Crippen molar-refractivity contribution in [2.24, 2.45) is 10.9 Å². The number of aliphatic imine (C=N–C) groups is 1. The van der Waals surface area contributed by atoms with E-state index in [0.29, 0.717) is 18.4 Å². The molecule has 2 N–H and O–H groups in total. The lowest BCUT2D eigenvalue weighted by Gasteiger charge is -2.12. The molecule has 3 aromatic heterocycles. The van der Waals surface area contributed by atoms with Crippen LogP contribution in [-0.4, -0.2) is 54.7 Å². The van der Waals surface area contributed by atoms with Gasteiger partial charge in [0.05, 0.1) is 11.9 Å². The van der Waals surface area contributed by atoms with Gasteiger partial charge in [-0.05, 0) is 79.8 Å². The zero-order valence-corrected chi connectivity index (χ0v) is 24.6. The van der Waals surface area contributed by atoms with Crippen LogP contribution in [0.3, 0.4) is 0 Å². The van der Waals surface area contributed by atoms with E-state index in [1.54, 1.807) is 0 Å². The highest BCUT2D eigenvalue weighted by molar-refractivity contribution is 6.00. The van der Waals surface area contributed by atoms with Crippen molar-refractivity contribution >= 4 is 22.7 Å². The van der Waals surface area contributed by atoms with E-state index >= 15 is 0 Å². The predicted molar refractivity (Wildman–Crippen MR) is 157 cm³/mol. The maximum absolute atomic E-state index is 14.1. The Bertz CT molecular complexity index is 1760. The van der Waals surface area contributed by atoms with Crippen molar-refractivity contribution < 1.29 is 27.1 Å². The molecule has 0 saturated heterocycles. The maximum Gasteiger partial charge on any atom is 0.573 e. The first-order chi connectivity index (χ1) is 21.6. The van der Waals surface area contributed by atoms with Crippen molar-refractivity contribution in [3.8, 4) is 5.75 Å². The van der Waals surface area contributed by atoms with Gasteiger partial charge in [-0.25, -0.2) is 4.39 Å². The van der Waals surface area contributed by atoms with Crippen molar-refractivity contribution in [1.82, 2.24) is 35.5 Å². The van der Waals surface area contributed by atoms with E-state index in [1.807, 2.05) is 0 Å². The van der Waals surface area contributed by atoms with Crippen LogP contribution in [0, 0.1) is 11.7 Å². The summed E-state index contributed by atoms with van der Waals surface area (Å²) in [4.78, 5) is 20.8. The fourth-order valence-corrected chi connectivity index (χ4v) is 5.32. The highest BCUT2D eigenvalue weighted by Crippen LogP contribution is 2.43. The number of allylic oxidation sites excluding steroid dienone is 1. The van der Waals surface area contributed by atoms with E-state index in [4.69, 9.17) is 4.99 Å². The van der Waals surface area contributed by atoms with E-state index in [9.17, 15) is 22.4 Å². The lowest BCUT2D eigenvalue weighted by Crippen LogP contribution is -2.24. The van der Waals surface area contributed by atoms with Crippen molar-refractivity contribution in [3.05, 3.63) is 76.6 Å². The summed E-state index contributed by atoms with van der Waals surface area (Å²) in [6.07, 6.45) is 6.30. The summed E-state index contributed by atoms with van der Waals surface area (Å²) >= 11 is 0. The Balaban J connectivity index is 1.02. The molecule has 1 amide bonds. The molecule has 1 unspecified atom stereocenters. The third kappa shape index (κ3) is 7.73. The number of ether oxygens (including phenoxy) is 1. The van der Waals surface area contributed by atoms with Crippen LogP contribution in [0.4, 0.5) is 17.6 Å². The molecule has 1 aliphatic heterocycles. The van der Waals surface area contributed by atoms with Gasteiger partial charge in [0.25, 0.3) is 5.91 Å². The molecule has 1 aromatic carbocycles. The van der Waals surface area contributed by atoms with Gasteiger partial charge >= 0.3 is 6.36 Å². The third-order valence-corrected chi connectivity index (χ3v) is 7.82. The molecular weight excluding hydrogens is 592 g/mol. The number of benzene rings is 1. The standard InChI is InChI=1S/C31H32F4N8O2/c1-18-5-8-21(36-15-18)13-24-25-14-22(39-41-29(25)38-28(24)19-6-7-19)4-2-3-11-43-17-27(40-42-43)30(44)37-16-20-12-23(9-10-26(20)32)45-31(33,34)35/h5,8-10,12,14,17-19H,2-4,6-7,11,13,15-16H2,1H3,(H,37,44)(H,38,41). The fraction of sp³-hybridized carbons (Fsp3) is 0.419. The lowest BCUT2D eigenvalue weighted by molar-refractivity contribution is -0.274. The second-order valence-corrected chi connectivity index (χ2v) is 11.5. The molecule has 6 rings (SSSR count). The molecule has 236 valence electrons. The minimum atomic E-state index is -4.91. The van der Waals surface area contributed by atoms with Crippen LogP contribution >= 0.6 is 0 Å².